The third kappa shape index (κ3) is 1.55. The van der Waals surface area contributed by atoms with E-state index in [9.17, 15) is 0 Å². The van der Waals surface area contributed by atoms with Gasteiger partial charge in [0, 0.05) is 10.8 Å². The van der Waals surface area contributed by atoms with Gasteiger partial charge in [0.15, 0.2) is 0 Å². The summed E-state index contributed by atoms with van der Waals surface area (Å²) in [5.41, 5.74) is 4.25. The van der Waals surface area contributed by atoms with Gasteiger partial charge < -0.3 is 4.42 Å². The molecule has 0 fully saturated rings. The quantitative estimate of drug-likeness (QED) is 0.455. The van der Waals surface area contributed by atoms with Gasteiger partial charge in [0.1, 0.15) is 11.2 Å². The lowest BCUT2D eigenvalue weighted by atomic mass is 10.00. The summed E-state index contributed by atoms with van der Waals surface area (Å²) in [6.07, 6.45) is 0. The van der Waals surface area contributed by atoms with Crippen molar-refractivity contribution in [3.63, 3.8) is 0 Å². The van der Waals surface area contributed by atoms with Crippen molar-refractivity contribution in [2.24, 2.45) is 0 Å². The third-order valence-electron chi connectivity index (χ3n) is 3.42. The zero-order valence-electron chi connectivity index (χ0n) is 10.3. The minimum absolute atomic E-state index is 0.914. The van der Waals surface area contributed by atoms with Crippen LogP contribution < -0.4 is 0 Å². The van der Waals surface area contributed by atoms with Crippen molar-refractivity contribution in [2.75, 3.05) is 0 Å². The molecule has 0 aliphatic carbocycles. The maximum Gasteiger partial charge on any atom is 0.136 e. The summed E-state index contributed by atoms with van der Waals surface area (Å²) >= 11 is 0. The summed E-state index contributed by atoms with van der Waals surface area (Å²) in [6.45, 7) is 0. The summed E-state index contributed by atoms with van der Waals surface area (Å²) in [7, 11) is 0. The van der Waals surface area contributed by atoms with E-state index >= 15 is 0 Å². The van der Waals surface area contributed by atoms with E-state index in [1.54, 1.807) is 0 Å². The SMILES string of the molecule is [c]1ccc2oc3cccc(-c4ccccc4)c3c2c1. The molecule has 0 atom stereocenters. The zero-order valence-corrected chi connectivity index (χ0v) is 10.3. The Hall–Kier alpha value is -2.54. The van der Waals surface area contributed by atoms with E-state index in [0.29, 0.717) is 0 Å². The Balaban J connectivity index is 2.17. The minimum atomic E-state index is 0.914. The molecule has 0 amide bonds. The van der Waals surface area contributed by atoms with E-state index in [0.717, 1.165) is 16.6 Å². The topological polar surface area (TPSA) is 13.1 Å². The highest BCUT2D eigenvalue weighted by molar-refractivity contribution is 6.12. The van der Waals surface area contributed by atoms with Crippen LogP contribution in [0, 0.1) is 6.07 Å². The maximum atomic E-state index is 5.89. The molecule has 0 unspecified atom stereocenters. The minimum Gasteiger partial charge on any atom is -0.456 e. The molecular weight excluding hydrogens is 232 g/mol. The highest BCUT2D eigenvalue weighted by atomic mass is 16.3. The molecule has 1 aromatic heterocycles. The fourth-order valence-corrected chi connectivity index (χ4v) is 2.57. The van der Waals surface area contributed by atoms with Crippen LogP contribution in [0.4, 0.5) is 0 Å². The summed E-state index contributed by atoms with van der Waals surface area (Å²) in [5.74, 6) is 0. The molecular formula is C18H11O. The van der Waals surface area contributed by atoms with Crippen molar-refractivity contribution >= 4 is 21.9 Å². The van der Waals surface area contributed by atoms with E-state index in [1.807, 2.05) is 36.4 Å². The molecule has 0 aliphatic heterocycles. The van der Waals surface area contributed by atoms with Crippen molar-refractivity contribution < 1.29 is 4.42 Å². The van der Waals surface area contributed by atoms with Gasteiger partial charge in [-0.25, -0.2) is 0 Å². The van der Waals surface area contributed by atoms with Crippen LogP contribution in [0.25, 0.3) is 33.1 Å². The van der Waals surface area contributed by atoms with E-state index in [4.69, 9.17) is 4.42 Å². The summed E-state index contributed by atoms with van der Waals surface area (Å²) in [4.78, 5) is 0. The molecule has 0 saturated heterocycles. The first-order chi connectivity index (χ1) is 9.43. The summed E-state index contributed by atoms with van der Waals surface area (Å²) in [6, 6.07) is 25.6. The first kappa shape index (κ1) is 10.4. The number of furan rings is 1. The first-order valence-corrected chi connectivity index (χ1v) is 6.30. The average Bonchev–Trinajstić information content (AvgIpc) is 2.86. The zero-order chi connectivity index (χ0) is 12.7. The molecule has 89 valence electrons. The van der Waals surface area contributed by atoms with Gasteiger partial charge in [0.05, 0.1) is 0 Å². The second-order valence-electron chi connectivity index (χ2n) is 4.57. The molecule has 1 radical (unpaired) electrons. The van der Waals surface area contributed by atoms with Crippen molar-refractivity contribution in [1.29, 1.82) is 0 Å². The summed E-state index contributed by atoms with van der Waals surface area (Å²) in [5, 5.41) is 2.29. The predicted octanol–water partition coefficient (Wildman–Crippen LogP) is 5.05. The van der Waals surface area contributed by atoms with Gasteiger partial charge >= 0.3 is 0 Å². The Morgan fingerprint density at radius 2 is 1.68 bits per heavy atom. The van der Waals surface area contributed by atoms with Crippen LogP contribution in [-0.4, -0.2) is 0 Å². The Morgan fingerprint density at radius 3 is 2.58 bits per heavy atom. The monoisotopic (exact) mass is 243 g/mol. The van der Waals surface area contributed by atoms with Gasteiger partial charge in [-0.3, -0.25) is 0 Å². The van der Waals surface area contributed by atoms with Gasteiger partial charge in [-0.05, 0) is 35.4 Å². The normalized spacial score (nSPS) is 11.2. The molecule has 1 heteroatoms. The number of hydrogen-bond donors (Lipinski definition) is 0. The number of fused-ring (bicyclic) bond motifs is 3. The Bertz CT molecular complexity index is 857. The van der Waals surface area contributed by atoms with Crippen LogP contribution in [0.3, 0.4) is 0 Å². The lowest BCUT2D eigenvalue weighted by Crippen LogP contribution is -1.78. The Labute approximate surface area is 111 Å². The van der Waals surface area contributed by atoms with E-state index < -0.39 is 0 Å². The van der Waals surface area contributed by atoms with Gasteiger partial charge in [-0.1, -0.05) is 48.5 Å². The molecule has 0 spiro atoms. The number of benzene rings is 3. The highest BCUT2D eigenvalue weighted by Gasteiger charge is 2.11. The van der Waals surface area contributed by atoms with Crippen LogP contribution in [0.2, 0.25) is 0 Å². The fraction of sp³-hybridized carbons (Fsp3) is 0. The lowest BCUT2D eigenvalue weighted by molar-refractivity contribution is 0.669. The van der Waals surface area contributed by atoms with Gasteiger partial charge in [0.2, 0.25) is 0 Å². The third-order valence-corrected chi connectivity index (χ3v) is 3.42. The van der Waals surface area contributed by atoms with E-state index in [1.165, 1.54) is 16.5 Å². The lowest BCUT2D eigenvalue weighted by Gasteiger charge is -2.03. The number of rotatable bonds is 1. The predicted molar refractivity (Wildman–Crippen MR) is 78.0 cm³/mol. The van der Waals surface area contributed by atoms with Gasteiger partial charge in [0.25, 0.3) is 0 Å². The molecule has 1 nitrogen and oxygen atoms in total. The van der Waals surface area contributed by atoms with Crippen molar-refractivity contribution in [3.05, 3.63) is 72.8 Å². The molecule has 4 aromatic rings. The van der Waals surface area contributed by atoms with Crippen molar-refractivity contribution in [1.82, 2.24) is 0 Å². The van der Waals surface area contributed by atoms with Crippen LogP contribution >= 0.6 is 0 Å². The van der Waals surface area contributed by atoms with Crippen molar-refractivity contribution in [2.45, 2.75) is 0 Å². The molecule has 0 aliphatic rings. The molecule has 19 heavy (non-hydrogen) atoms. The average molecular weight is 243 g/mol. The molecule has 0 N–H and O–H groups in total. The largest absolute Gasteiger partial charge is 0.456 e. The number of hydrogen-bond acceptors (Lipinski definition) is 1. The molecule has 3 aromatic carbocycles. The highest BCUT2D eigenvalue weighted by Crippen LogP contribution is 2.35. The molecule has 1 heterocycles. The second kappa shape index (κ2) is 3.99. The summed E-state index contributed by atoms with van der Waals surface area (Å²) < 4.78 is 5.89. The van der Waals surface area contributed by atoms with Crippen LogP contribution in [-0.2, 0) is 0 Å². The Morgan fingerprint density at radius 1 is 0.789 bits per heavy atom. The first-order valence-electron chi connectivity index (χ1n) is 6.30. The van der Waals surface area contributed by atoms with E-state index in [-0.39, 0.29) is 0 Å². The standard InChI is InChI=1S/C18H11O/c1-2-7-13(8-3-1)14-10-6-12-17-18(14)15-9-4-5-11-16(15)19-17/h1-3,5-12H. The molecule has 4 rings (SSSR count). The molecule has 0 bridgehead atoms. The molecule has 0 saturated carbocycles. The smallest absolute Gasteiger partial charge is 0.136 e. The van der Waals surface area contributed by atoms with Crippen molar-refractivity contribution in [3.8, 4) is 11.1 Å². The van der Waals surface area contributed by atoms with Crippen LogP contribution in [0.15, 0.2) is 71.1 Å². The van der Waals surface area contributed by atoms with E-state index in [2.05, 4.69) is 36.4 Å². The second-order valence-corrected chi connectivity index (χ2v) is 4.57. The van der Waals surface area contributed by atoms with Crippen LogP contribution in [0.1, 0.15) is 0 Å². The van der Waals surface area contributed by atoms with Gasteiger partial charge in [-0.2, -0.15) is 0 Å². The Kier molecular flexibility index (Phi) is 2.18. The van der Waals surface area contributed by atoms with Crippen LogP contribution in [0.5, 0.6) is 0 Å². The fourth-order valence-electron chi connectivity index (χ4n) is 2.57. The maximum absolute atomic E-state index is 5.89. The van der Waals surface area contributed by atoms with Gasteiger partial charge in [-0.15, -0.1) is 0 Å².